The normalized spacial score (nSPS) is 10.2. The standard InChI is InChI=1S/C19H24N2O3/c1-23-17-9-5-15(6-10-17)3-2-4-19(22)21-16-7-11-18(12-8-16)24-14-13-20/h5-12H,2-4,13-14,20H2,1H3,(H,21,22). The van der Waals surface area contributed by atoms with Gasteiger partial charge in [0.25, 0.3) is 0 Å². The van der Waals surface area contributed by atoms with Gasteiger partial charge in [-0.3, -0.25) is 4.79 Å². The maximum Gasteiger partial charge on any atom is 0.224 e. The van der Waals surface area contributed by atoms with Crippen LogP contribution in [0, 0.1) is 0 Å². The number of nitrogens with two attached hydrogens (primary N) is 1. The van der Waals surface area contributed by atoms with Crippen molar-refractivity contribution >= 4 is 11.6 Å². The molecule has 0 unspecified atom stereocenters. The fourth-order valence-electron chi connectivity index (χ4n) is 2.28. The molecule has 128 valence electrons. The van der Waals surface area contributed by atoms with Gasteiger partial charge in [-0.25, -0.2) is 0 Å². The number of methoxy groups -OCH3 is 1. The number of aryl methyl sites for hydroxylation is 1. The minimum atomic E-state index is 0.0131. The van der Waals surface area contributed by atoms with Gasteiger partial charge >= 0.3 is 0 Å². The molecule has 0 heterocycles. The molecule has 2 aromatic carbocycles. The van der Waals surface area contributed by atoms with Crippen LogP contribution >= 0.6 is 0 Å². The summed E-state index contributed by atoms with van der Waals surface area (Å²) < 4.78 is 10.5. The van der Waals surface area contributed by atoms with Crippen molar-refractivity contribution in [3.05, 3.63) is 54.1 Å². The number of amides is 1. The van der Waals surface area contributed by atoms with Gasteiger partial charge < -0.3 is 20.5 Å². The fourth-order valence-corrected chi connectivity index (χ4v) is 2.28. The largest absolute Gasteiger partial charge is 0.497 e. The summed E-state index contributed by atoms with van der Waals surface area (Å²) >= 11 is 0. The Morgan fingerprint density at radius 2 is 1.71 bits per heavy atom. The third kappa shape index (κ3) is 5.93. The zero-order chi connectivity index (χ0) is 17.2. The van der Waals surface area contributed by atoms with E-state index in [-0.39, 0.29) is 5.91 Å². The smallest absolute Gasteiger partial charge is 0.224 e. The molecule has 24 heavy (non-hydrogen) atoms. The number of hydrogen-bond donors (Lipinski definition) is 2. The maximum atomic E-state index is 12.0. The molecule has 1 amide bonds. The molecule has 0 atom stereocenters. The van der Waals surface area contributed by atoms with Crippen molar-refractivity contribution in [1.29, 1.82) is 0 Å². The first-order chi connectivity index (χ1) is 11.7. The number of rotatable bonds is 9. The predicted octanol–water partition coefficient (Wildman–Crippen LogP) is 2.99. The second kappa shape index (κ2) is 9.57. The minimum absolute atomic E-state index is 0.0131. The molecule has 0 spiro atoms. The lowest BCUT2D eigenvalue weighted by Gasteiger charge is -2.08. The highest BCUT2D eigenvalue weighted by Crippen LogP contribution is 2.16. The molecule has 2 aromatic rings. The zero-order valence-corrected chi connectivity index (χ0v) is 14.0. The van der Waals surface area contributed by atoms with E-state index in [1.54, 1.807) is 7.11 Å². The topological polar surface area (TPSA) is 73.6 Å². The Kier molecular flexibility index (Phi) is 7.11. The molecule has 2 rings (SSSR count). The van der Waals surface area contributed by atoms with Crippen LogP contribution in [0.5, 0.6) is 11.5 Å². The zero-order valence-electron chi connectivity index (χ0n) is 14.0. The maximum absolute atomic E-state index is 12.0. The number of carbonyl (C=O) groups is 1. The third-order valence-corrected chi connectivity index (χ3v) is 3.55. The second-order valence-corrected chi connectivity index (χ2v) is 5.41. The molecule has 5 nitrogen and oxygen atoms in total. The van der Waals surface area contributed by atoms with Gasteiger partial charge in [-0.05, 0) is 54.8 Å². The predicted molar refractivity (Wildman–Crippen MR) is 95.6 cm³/mol. The molecule has 0 saturated carbocycles. The van der Waals surface area contributed by atoms with Crippen molar-refractivity contribution in [3.8, 4) is 11.5 Å². The van der Waals surface area contributed by atoms with Crippen LogP contribution in [0.1, 0.15) is 18.4 Å². The van der Waals surface area contributed by atoms with Crippen molar-refractivity contribution in [2.75, 3.05) is 25.6 Å². The van der Waals surface area contributed by atoms with Crippen LogP contribution in [0.15, 0.2) is 48.5 Å². The van der Waals surface area contributed by atoms with E-state index >= 15 is 0 Å². The van der Waals surface area contributed by atoms with E-state index in [1.165, 1.54) is 5.56 Å². The Morgan fingerprint density at radius 1 is 1.04 bits per heavy atom. The van der Waals surface area contributed by atoms with E-state index in [1.807, 2.05) is 48.5 Å². The molecule has 0 saturated heterocycles. The van der Waals surface area contributed by atoms with Gasteiger partial charge in [-0.15, -0.1) is 0 Å². The third-order valence-electron chi connectivity index (χ3n) is 3.55. The Bertz CT molecular complexity index is 624. The molecule has 0 radical (unpaired) electrons. The van der Waals surface area contributed by atoms with E-state index in [4.69, 9.17) is 15.2 Å². The molecule has 5 heteroatoms. The number of nitrogens with one attached hydrogen (secondary N) is 1. The van der Waals surface area contributed by atoms with Gasteiger partial charge in [0.15, 0.2) is 0 Å². The van der Waals surface area contributed by atoms with Gasteiger partial charge in [0.05, 0.1) is 7.11 Å². The summed E-state index contributed by atoms with van der Waals surface area (Å²) in [6, 6.07) is 15.2. The molecular formula is C19H24N2O3. The van der Waals surface area contributed by atoms with Crippen LogP contribution in [-0.4, -0.2) is 26.2 Å². The van der Waals surface area contributed by atoms with Crippen molar-refractivity contribution in [2.24, 2.45) is 5.73 Å². The summed E-state index contributed by atoms with van der Waals surface area (Å²) in [5, 5.41) is 2.89. The highest BCUT2D eigenvalue weighted by atomic mass is 16.5. The van der Waals surface area contributed by atoms with Crippen molar-refractivity contribution < 1.29 is 14.3 Å². The summed E-state index contributed by atoms with van der Waals surface area (Å²) in [5.74, 6) is 1.60. The first-order valence-electron chi connectivity index (χ1n) is 8.07. The number of hydrogen-bond acceptors (Lipinski definition) is 4. The molecule has 3 N–H and O–H groups in total. The Hall–Kier alpha value is -2.53. The summed E-state index contributed by atoms with van der Waals surface area (Å²) in [6.45, 7) is 0.962. The van der Waals surface area contributed by atoms with Crippen LogP contribution in [0.2, 0.25) is 0 Å². The van der Waals surface area contributed by atoms with Gasteiger partial charge in [-0.2, -0.15) is 0 Å². The highest BCUT2D eigenvalue weighted by Gasteiger charge is 2.03. The number of benzene rings is 2. The average molecular weight is 328 g/mol. The quantitative estimate of drug-likeness (QED) is 0.742. The molecule has 0 fully saturated rings. The molecule has 0 aliphatic carbocycles. The molecule has 0 aliphatic heterocycles. The van der Waals surface area contributed by atoms with E-state index in [2.05, 4.69) is 5.32 Å². The average Bonchev–Trinajstić information content (AvgIpc) is 2.62. The lowest BCUT2D eigenvalue weighted by atomic mass is 10.1. The molecule has 0 aromatic heterocycles. The number of ether oxygens (including phenoxy) is 2. The number of carbonyl (C=O) groups excluding carboxylic acids is 1. The Labute approximate surface area is 142 Å². The van der Waals surface area contributed by atoms with Crippen molar-refractivity contribution in [2.45, 2.75) is 19.3 Å². The van der Waals surface area contributed by atoms with Crippen LogP contribution in [0.4, 0.5) is 5.69 Å². The van der Waals surface area contributed by atoms with Crippen LogP contribution in [0.3, 0.4) is 0 Å². The van der Waals surface area contributed by atoms with Crippen molar-refractivity contribution in [3.63, 3.8) is 0 Å². The van der Waals surface area contributed by atoms with Crippen LogP contribution in [-0.2, 0) is 11.2 Å². The Balaban J connectivity index is 1.72. The van der Waals surface area contributed by atoms with Crippen molar-refractivity contribution in [1.82, 2.24) is 0 Å². The van der Waals surface area contributed by atoms with E-state index in [9.17, 15) is 4.79 Å². The van der Waals surface area contributed by atoms with Crippen LogP contribution in [0.25, 0.3) is 0 Å². The lowest BCUT2D eigenvalue weighted by Crippen LogP contribution is -2.12. The highest BCUT2D eigenvalue weighted by molar-refractivity contribution is 5.90. The minimum Gasteiger partial charge on any atom is -0.497 e. The van der Waals surface area contributed by atoms with Crippen LogP contribution < -0.4 is 20.5 Å². The van der Waals surface area contributed by atoms with Gasteiger partial charge in [0.1, 0.15) is 18.1 Å². The SMILES string of the molecule is COc1ccc(CCCC(=O)Nc2ccc(OCCN)cc2)cc1. The summed E-state index contributed by atoms with van der Waals surface area (Å²) in [7, 11) is 1.65. The van der Waals surface area contributed by atoms with Gasteiger partial charge in [-0.1, -0.05) is 12.1 Å². The first kappa shape index (κ1) is 17.8. The molecule has 0 bridgehead atoms. The monoisotopic (exact) mass is 328 g/mol. The fraction of sp³-hybridized carbons (Fsp3) is 0.316. The Morgan fingerprint density at radius 3 is 2.33 bits per heavy atom. The summed E-state index contributed by atoms with van der Waals surface area (Å²) in [6.07, 6.45) is 2.15. The van der Waals surface area contributed by atoms with E-state index in [0.717, 1.165) is 30.0 Å². The number of anilines is 1. The second-order valence-electron chi connectivity index (χ2n) is 5.41. The first-order valence-corrected chi connectivity index (χ1v) is 8.07. The van der Waals surface area contributed by atoms with E-state index < -0.39 is 0 Å². The molecular weight excluding hydrogens is 304 g/mol. The van der Waals surface area contributed by atoms with Gasteiger partial charge in [0, 0.05) is 18.7 Å². The lowest BCUT2D eigenvalue weighted by molar-refractivity contribution is -0.116. The molecule has 0 aliphatic rings. The summed E-state index contributed by atoms with van der Waals surface area (Å²) in [4.78, 5) is 12.0. The van der Waals surface area contributed by atoms with E-state index in [0.29, 0.717) is 19.6 Å². The van der Waals surface area contributed by atoms with Gasteiger partial charge in [0.2, 0.25) is 5.91 Å². The summed E-state index contributed by atoms with van der Waals surface area (Å²) in [5.41, 5.74) is 7.35.